The molecule has 2 heterocycles. The maximum Gasteiger partial charge on any atom is 0.274 e. The number of aromatic nitrogens is 1. The number of hydrogen-bond donors (Lipinski definition) is 1. The van der Waals surface area contributed by atoms with E-state index < -0.39 is 4.92 Å². The Morgan fingerprint density at radius 2 is 2.12 bits per heavy atom. The van der Waals surface area contributed by atoms with Crippen molar-refractivity contribution in [1.29, 1.82) is 0 Å². The van der Waals surface area contributed by atoms with Gasteiger partial charge >= 0.3 is 0 Å². The molecule has 0 radical (unpaired) electrons. The molecule has 3 rings (SSSR count). The molecule has 2 aromatic heterocycles. The van der Waals surface area contributed by atoms with Gasteiger partial charge in [0.2, 0.25) is 5.91 Å². The molecule has 0 saturated heterocycles. The summed E-state index contributed by atoms with van der Waals surface area (Å²) in [7, 11) is 0. The third-order valence-corrected chi connectivity index (χ3v) is 4.41. The molecule has 0 aliphatic heterocycles. The third-order valence-electron chi connectivity index (χ3n) is 3.51. The molecule has 0 fully saturated rings. The summed E-state index contributed by atoms with van der Waals surface area (Å²) in [6.07, 6.45) is 0.108. The summed E-state index contributed by atoms with van der Waals surface area (Å²) < 4.78 is 5.51. The fraction of sp³-hybridized carbons (Fsp3) is 0.176. The number of aryl methyl sites for hydroxylation is 1. The zero-order valence-electron chi connectivity index (χ0n) is 13.4. The van der Waals surface area contributed by atoms with Crippen LogP contribution in [-0.4, -0.2) is 15.8 Å². The van der Waals surface area contributed by atoms with Crippen molar-refractivity contribution in [2.45, 2.75) is 19.9 Å². The Morgan fingerprint density at radius 3 is 2.84 bits per heavy atom. The number of carbonyl (C=O) groups excluding carboxylic acids is 1. The molecule has 0 atom stereocenters. The number of nitro groups is 1. The zero-order valence-corrected chi connectivity index (χ0v) is 14.2. The van der Waals surface area contributed by atoms with Crippen molar-refractivity contribution in [3.05, 3.63) is 68.9 Å². The van der Waals surface area contributed by atoms with Crippen molar-refractivity contribution in [3.63, 3.8) is 0 Å². The molecule has 0 aliphatic rings. The second kappa shape index (κ2) is 7.27. The lowest BCUT2D eigenvalue weighted by Gasteiger charge is -2.05. The van der Waals surface area contributed by atoms with Crippen LogP contribution in [0.4, 0.5) is 5.69 Å². The average Bonchev–Trinajstić information content (AvgIpc) is 3.22. The van der Waals surface area contributed by atoms with Gasteiger partial charge in [-0.1, -0.05) is 18.2 Å². The number of para-hydroxylation sites is 1. The maximum absolute atomic E-state index is 12.1. The van der Waals surface area contributed by atoms with E-state index in [9.17, 15) is 14.9 Å². The molecule has 8 heteroatoms. The highest BCUT2D eigenvalue weighted by Gasteiger charge is 2.14. The predicted octanol–water partition coefficient (Wildman–Crippen LogP) is 3.48. The monoisotopic (exact) mass is 357 g/mol. The van der Waals surface area contributed by atoms with Crippen LogP contribution in [0.3, 0.4) is 0 Å². The van der Waals surface area contributed by atoms with Gasteiger partial charge < -0.3 is 9.73 Å². The Kier molecular flexibility index (Phi) is 4.90. The minimum Gasteiger partial charge on any atom is -0.459 e. The van der Waals surface area contributed by atoms with E-state index in [0.29, 0.717) is 17.0 Å². The molecule has 3 aromatic rings. The summed E-state index contributed by atoms with van der Waals surface area (Å²) in [6.45, 7) is 1.96. The number of rotatable bonds is 6. The molecular formula is C17H15N3O4S. The minimum absolute atomic E-state index is 0.00747. The lowest BCUT2D eigenvalue weighted by molar-refractivity contribution is -0.385. The van der Waals surface area contributed by atoms with Crippen LogP contribution >= 0.6 is 11.3 Å². The first kappa shape index (κ1) is 16.8. The normalized spacial score (nSPS) is 10.6. The van der Waals surface area contributed by atoms with Gasteiger partial charge in [0, 0.05) is 23.6 Å². The topological polar surface area (TPSA) is 98.3 Å². The van der Waals surface area contributed by atoms with Crippen molar-refractivity contribution < 1.29 is 14.1 Å². The molecule has 25 heavy (non-hydrogen) atoms. The van der Waals surface area contributed by atoms with Crippen molar-refractivity contribution >= 4 is 22.9 Å². The minimum atomic E-state index is -0.459. The smallest absolute Gasteiger partial charge is 0.274 e. The molecule has 0 aliphatic carbocycles. The molecule has 1 amide bonds. The molecule has 7 nitrogen and oxygen atoms in total. The fourth-order valence-corrected chi connectivity index (χ4v) is 3.09. The number of nitrogens with one attached hydrogen (secondary N) is 1. The number of amides is 1. The van der Waals surface area contributed by atoms with E-state index in [4.69, 9.17) is 4.42 Å². The van der Waals surface area contributed by atoms with Gasteiger partial charge in [-0.3, -0.25) is 14.9 Å². The Labute approximate surface area is 147 Å². The van der Waals surface area contributed by atoms with Crippen molar-refractivity contribution in [3.8, 4) is 10.8 Å². The van der Waals surface area contributed by atoms with E-state index in [2.05, 4.69) is 10.3 Å². The van der Waals surface area contributed by atoms with Gasteiger partial charge in [0.05, 0.1) is 17.0 Å². The van der Waals surface area contributed by atoms with Crippen molar-refractivity contribution in [2.24, 2.45) is 0 Å². The van der Waals surface area contributed by atoms with E-state index in [1.54, 1.807) is 23.6 Å². The van der Waals surface area contributed by atoms with Gasteiger partial charge in [-0.2, -0.15) is 0 Å². The first-order valence-electron chi connectivity index (χ1n) is 7.53. The van der Waals surface area contributed by atoms with E-state index in [1.807, 2.05) is 19.1 Å². The fourth-order valence-electron chi connectivity index (χ4n) is 2.31. The number of furan rings is 1. The van der Waals surface area contributed by atoms with Crippen LogP contribution in [0, 0.1) is 17.0 Å². The Hall–Kier alpha value is -3.00. The number of carbonyl (C=O) groups is 1. The summed E-state index contributed by atoms with van der Waals surface area (Å²) in [5, 5.41) is 16.2. The van der Waals surface area contributed by atoms with E-state index in [1.165, 1.54) is 17.4 Å². The Balaban J connectivity index is 1.60. The summed E-state index contributed by atoms with van der Waals surface area (Å²) >= 11 is 1.40. The standard InChI is InChI=1S/C17H15N3O4S/c1-11-6-7-15(24-11)17-19-13(10-25-17)8-16(21)18-9-12-4-2-3-5-14(12)20(22)23/h2-7,10H,8-9H2,1H3,(H,18,21). The van der Waals surface area contributed by atoms with Crippen molar-refractivity contribution in [2.75, 3.05) is 0 Å². The number of nitro benzene ring substituents is 1. The molecule has 1 aromatic carbocycles. The predicted molar refractivity (Wildman–Crippen MR) is 93.2 cm³/mol. The number of benzene rings is 1. The van der Waals surface area contributed by atoms with Gasteiger partial charge in [0.25, 0.3) is 5.69 Å². The van der Waals surface area contributed by atoms with Crippen LogP contribution in [-0.2, 0) is 17.8 Å². The highest BCUT2D eigenvalue weighted by molar-refractivity contribution is 7.13. The molecule has 128 valence electrons. The first-order chi connectivity index (χ1) is 12.0. The molecule has 0 spiro atoms. The first-order valence-corrected chi connectivity index (χ1v) is 8.41. The molecule has 0 unspecified atom stereocenters. The highest BCUT2D eigenvalue weighted by atomic mass is 32.1. The van der Waals surface area contributed by atoms with Gasteiger partial charge in [-0.25, -0.2) is 4.98 Å². The summed E-state index contributed by atoms with van der Waals surface area (Å²) in [5.41, 5.74) is 1.09. The third kappa shape index (κ3) is 4.10. The SMILES string of the molecule is Cc1ccc(-c2nc(CC(=O)NCc3ccccc3[N+](=O)[O-])cs2)o1. The Morgan fingerprint density at radius 1 is 1.32 bits per heavy atom. The number of nitrogens with zero attached hydrogens (tertiary/aromatic N) is 2. The van der Waals surface area contributed by atoms with Gasteiger partial charge in [0.15, 0.2) is 10.8 Å². The van der Waals surface area contributed by atoms with Crippen LogP contribution in [0.15, 0.2) is 46.2 Å². The second-order valence-electron chi connectivity index (χ2n) is 5.39. The summed E-state index contributed by atoms with van der Waals surface area (Å²) in [6, 6.07) is 10.0. The molecule has 1 N–H and O–H groups in total. The van der Waals surface area contributed by atoms with Gasteiger partial charge in [-0.15, -0.1) is 11.3 Å². The lowest BCUT2D eigenvalue weighted by atomic mass is 10.2. The van der Waals surface area contributed by atoms with Gasteiger partial charge in [-0.05, 0) is 19.1 Å². The molecular weight excluding hydrogens is 342 g/mol. The van der Waals surface area contributed by atoms with E-state index in [-0.39, 0.29) is 24.6 Å². The average molecular weight is 357 g/mol. The summed E-state index contributed by atoms with van der Waals surface area (Å²) in [4.78, 5) is 27.0. The quantitative estimate of drug-likeness (QED) is 0.538. The zero-order chi connectivity index (χ0) is 17.8. The largest absolute Gasteiger partial charge is 0.459 e. The number of thiazole rings is 1. The molecule has 0 saturated carbocycles. The molecule has 0 bridgehead atoms. The van der Waals surface area contributed by atoms with Gasteiger partial charge in [0.1, 0.15) is 5.76 Å². The highest BCUT2D eigenvalue weighted by Crippen LogP contribution is 2.25. The lowest BCUT2D eigenvalue weighted by Crippen LogP contribution is -2.25. The maximum atomic E-state index is 12.1. The van der Waals surface area contributed by atoms with Crippen LogP contribution < -0.4 is 5.32 Å². The number of hydrogen-bond acceptors (Lipinski definition) is 6. The van der Waals surface area contributed by atoms with Crippen LogP contribution in [0.1, 0.15) is 17.0 Å². The van der Waals surface area contributed by atoms with Crippen LogP contribution in [0.2, 0.25) is 0 Å². The van der Waals surface area contributed by atoms with Crippen LogP contribution in [0.25, 0.3) is 10.8 Å². The van der Waals surface area contributed by atoms with E-state index in [0.717, 1.165) is 10.8 Å². The van der Waals surface area contributed by atoms with E-state index >= 15 is 0 Å². The second-order valence-corrected chi connectivity index (χ2v) is 6.25. The Bertz CT molecular complexity index is 916. The van der Waals surface area contributed by atoms with Crippen molar-refractivity contribution in [1.82, 2.24) is 10.3 Å². The summed E-state index contributed by atoms with van der Waals surface area (Å²) in [5.74, 6) is 1.23. The van der Waals surface area contributed by atoms with Crippen LogP contribution in [0.5, 0.6) is 0 Å².